The molecule has 1 amide bonds. The van der Waals surface area contributed by atoms with E-state index in [-0.39, 0.29) is 11.8 Å². The molecule has 2 atom stereocenters. The summed E-state index contributed by atoms with van der Waals surface area (Å²) in [6.07, 6.45) is 0.0913. The van der Waals surface area contributed by atoms with Crippen LogP contribution >= 0.6 is 0 Å². The van der Waals surface area contributed by atoms with Gasteiger partial charge in [0.1, 0.15) is 0 Å². The number of carbonyl (C=O) groups is 2. The van der Waals surface area contributed by atoms with Gasteiger partial charge in [0.2, 0.25) is 0 Å². The molecular formula is C20H23NO3. The van der Waals surface area contributed by atoms with Gasteiger partial charge in [-0.2, -0.15) is 0 Å². The van der Waals surface area contributed by atoms with Crippen LogP contribution < -0.4 is 5.32 Å². The van der Waals surface area contributed by atoms with Crippen LogP contribution in [0.25, 0.3) is 0 Å². The summed E-state index contributed by atoms with van der Waals surface area (Å²) in [5, 5.41) is 2.87. The summed E-state index contributed by atoms with van der Waals surface area (Å²) in [7, 11) is 0. The topological polar surface area (TPSA) is 55.4 Å². The van der Waals surface area contributed by atoms with E-state index in [1.54, 1.807) is 31.2 Å². The molecule has 0 saturated carbocycles. The van der Waals surface area contributed by atoms with Crippen LogP contribution in [-0.4, -0.2) is 24.5 Å². The number of ether oxygens (including phenoxy) is 1. The van der Waals surface area contributed by atoms with Gasteiger partial charge in [-0.3, -0.25) is 4.79 Å². The second-order valence-electron chi connectivity index (χ2n) is 5.67. The van der Waals surface area contributed by atoms with Gasteiger partial charge in [0.05, 0.1) is 5.56 Å². The van der Waals surface area contributed by atoms with Gasteiger partial charge in [-0.25, -0.2) is 4.79 Å². The van der Waals surface area contributed by atoms with Gasteiger partial charge in [0.25, 0.3) is 5.91 Å². The first-order valence-corrected chi connectivity index (χ1v) is 8.20. The molecule has 0 aliphatic rings. The number of hydrogen-bond donors (Lipinski definition) is 1. The number of rotatable bonds is 7. The quantitative estimate of drug-likeness (QED) is 0.792. The predicted molar refractivity (Wildman–Crippen MR) is 93.8 cm³/mol. The van der Waals surface area contributed by atoms with Crippen LogP contribution in [0.2, 0.25) is 0 Å². The molecule has 0 aliphatic carbocycles. The Morgan fingerprint density at radius 3 is 2.17 bits per heavy atom. The second kappa shape index (κ2) is 8.87. The SMILES string of the molecule is CC[C@H](CNC(=O)[C@@H](C)OC(=O)c1ccccc1)c1ccccc1. The summed E-state index contributed by atoms with van der Waals surface area (Å²) in [6, 6.07) is 18.7. The minimum atomic E-state index is -0.828. The van der Waals surface area contributed by atoms with Gasteiger partial charge in [0.15, 0.2) is 6.10 Å². The fourth-order valence-electron chi connectivity index (χ4n) is 2.45. The second-order valence-corrected chi connectivity index (χ2v) is 5.67. The first-order valence-electron chi connectivity index (χ1n) is 8.20. The van der Waals surface area contributed by atoms with E-state index >= 15 is 0 Å². The summed E-state index contributed by atoms with van der Waals surface area (Å²) in [5.74, 6) is -0.533. The third-order valence-corrected chi connectivity index (χ3v) is 3.95. The molecule has 126 valence electrons. The minimum Gasteiger partial charge on any atom is -0.449 e. The van der Waals surface area contributed by atoms with Crippen molar-refractivity contribution in [3.05, 3.63) is 71.8 Å². The lowest BCUT2D eigenvalue weighted by Gasteiger charge is -2.18. The van der Waals surface area contributed by atoms with E-state index in [2.05, 4.69) is 24.4 Å². The zero-order valence-electron chi connectivity index (χ0n) is 14.1. The maximum atomic E-state index is 12.2. The molecular weight excluding hydrogens is 302 g/mol. The molecule has 4 nitrogen and oxygen atoms in total. The summed E-state index contributed by atoms with van der Waals surface area (Å²) in [5.41, 5.74) is 1.63. The highest BCUT2D eigenvalue weighted by atomic mass is 16.5. The molecule has 0 spiro atoms. The third-order valence-electron chi connectivity index (χ3n) is 3.95. The number of nitrogens with one attached hydrogen (secondary N) is 1. The van der Waals surface area contributed by atoms with E-state index in [0.717, 1.165) is 6.42 Å². The van der Waals surface area contributed by atoms with Crippen molar-refractivity contribution in [2.24, 2.45) is 0 Å². The Bertz CT molecular complexity index is 655. The van der Waals surface area contributed by atoms with E-state index in [1.165, 1.54) is 5.56 Å². The zero-order chi connectivity index (χ0) is 17.4. The monoisotopic (exact) mass is 325 g/mol. The molecule has 2 rings (SSSR count). The van der Waals surface area contributed by atoms with Crippen LogP contribution in [0, 0.1) is 0 Å². The van der Waals surface area contributed by atoms with Gasteiger partial charge in [-0.1, -0.05) is 55.5 Å². The van der Waals surface area contributed by atoms with Crippen LogP contribution in [-0.2, 0) is 9.53 Å². The lowest BCUT2D eigenvalue weighted by molar-refractivity contribution is -0.129. The van der Waals surface area contributed by atoms with Crippen LogP contribution in [0.4, 0.5) is 0 Å². The summed E-state index contributed by atoms with van der Waals surface area (Å²) in [6.45, 7) is 4.19. The van der Waals surface area contributed by atoms with E-state index < -0.39 is 12.1 Å². The van der Waals surface area contributed by atoms with Crippen LogP contribution in [0.15, 0.2) is 60.7 Å². The predicted octanol–water partition coefficient (Wildman–Crippen LogP) is 3.54. The Morgan fingerprint density at radius 1 is 1.00 bits per heavy atom. The van der Waals surface area contributed by atoms with Gasteiger partial charge >= 0.3 is 5.97 Å². The Kier molecular flexibility index (Phi) is 6.55. The summed E-state index contributed by atoms with van der Waals surface area (Å²) >= 11 is 0. The standard InChI is InChI=1S/C20H23NO3/c1-3-16(17-10-6-4-7-11-17)14-21-19(22)15(2)24-20(23)18-12-8-5-9-13-18/h4-13,15-16H,3,14H2,1-2H3,(H,21,22)/t15-,16-/m1/s1. The van der Waals surface area contributed by atoms with E-state index in [0.29, 0.717) is 12.1 Å². The smallest absolute Gasteiger partial charge is 0.338 e. The molecule has 0 bridgehead atoms. The average molecular weight is 325 g/mol. The first kappa shape index (κ1) is 17.7. The Balaban J connectivity index is 1.86. The molecule has 0 unspecified atom stereocenters. The summed E-state index contributed by atoms with van der Waals surface area (Å²) < 4.78 is 5.22. The van der Waals surface area contributed by atoms with Gasteiger partial charge in [-0.05, 0) is 31.0 Å². The molecule has 0 radical (unpaired) electrons. The van der Waals surface area contributed by atoms with Crippen molar-refractivity contribution in [3.8, 4) is 0 Å². The van der Waals surface area contributed by atoms with Crippen LogP contribution in [0.5, 0.6) is 0 Å². The van der Waals surface area contributed by atoms with Crippen LogP contribution in [0.3, 0.4) is 0 Å². The summed E-state index contributed by atoms with van der Waals surface area (Å²) in [4.78, 5) is 24.1. The normalized spacial score (nSPS) is 12.9. The average Bonchev–Trinajstić information content (AvgIpc) is 2.63. The Hall–Kier alpha value is -2.62. The van der Waals surface area contributed by atoms with Crippen molar-refractivity contribution < 1.29 is 14.3 Å². The first-order chi connectivity index (χ1) is 11.6. The molecule has 0 saturated heterocycles. The number of carbonyl (C=O) groups excluding carboxylic acids is 2. The molecule has 4 heteroatoms. The largest absolute Gasteiger partial charge is 0.449 e. The maximum Gasteiger partial charge on any atom is 0.338 e. The Morgan fingerprint density at radius 2 is 1.58 bits per heavy atom. The molecule has 2 aromatic carbocycles. The van der Waals surface area contributed by atoms with Crippen molar-refractivity contribution in [2.75, 3.05) is 6.54 Å². The van der Waals surface area contributed by atoms with Crippen molar-refractivity contribution in [2.45, 2.75) is 32.3 Å². The molecule has 2 aromatic rings. The molecule has 0 aromatic heterocycles. The number of benzene rings is 2. The highest BCUT2D eigenvalue weighted by molar-refractivity contribution is 5.92. The Labute approximate surface area is 142 Å². The van der Waals surface area contributed by atoms with E-state index in [1.807, 2.05) is 24.3 Å². The van der Waals surface area contributed by atoms with Gasteiger partial charge < -0.3 is 10.1 Å². The zero-order valence-corrected chi connectivity index (χ0v) is 14.1. The van der Waals surface area contributed by atoms with Crippen molar-refractivity contribution in [3.63, 3.8) is 0 Å². The molecule has 0 heterocycles. The van der Waals surface area contributed by atoms with Crippen molar-refractivity contribution in [1.29, 1.82) is 0 Å². The van der Waals surface area contributed by atoms with Crippen molar-refractivity contribution >= 4 is 11.9 Å². The lowest BCUT2D eigenvalue weighted by atomic mass is 9.96. The minimum absolute atomic E-state index is 0.243. The van der Waals surface area contributed by atoms with Crippen LogP contribution in [0.1, 0.15) is 42.1 Å². The highest BCUT2D eigenvalue weighted by Crippen LogP contribution is 2.18. The lowest BCUT2D eigenvalue weighted by Crippen LogP contribution is -2.38. The van der Waals surface area contributed by atoms with E-state index in [9.17, 15) is 9.59 Å². The number of amides is 1. The molecule has 1 N–H and O–H groups in total. The number of hydrogen-bond acceptors (Lipinski definition) is 3. The highest BCUT2D eigenvalue weighted by Gasteiger charge is 2.19. The van der Waals surface area contributed by atoms with E-state index in [4.69, 9.17) is 4.74 Å². The molecule has 0 fully saturated rings. The molecule has 0 aliphatic heterocycles. The van der Waals surface area contributed by atoms with Crippen molar-refractivity contribution in [1.82, 2.24) is 5.32 Å². The third kappa shape index (κ3) is 4.95. The van der Waals surface area contributed by atoms with Gasteiger partial charge in [-0.15, -0.1) is 0 Å². The fraction of sp³-hybridized carbons (Fsp3) is 0.300. The molecule has 24 heavy (non-hydrogen) atoms. The van der Waals surface area contributed by atoms with Gasteiger partial charge in [0, 0.05) is 12.5 Å². The fourth-order valence-corrected chi connectivity index (χ4v) is 2.45. The number of esters is 1. The maximum absolute atomic E-state index is 12.2.